The maximum Gasteiger partial charge on any atom is 0.349 e. The molecule has 0 radical (unpaired) electrons. The highest BCUT2D eigenvalue weighted by Gasteiger charge is 2.16. The molecule has 2 heterocycles. The van der Waals surface area contributed by atoms with Crippen molar-refractivity contribution < 1.29 is 14.0 Å². The lowest BCUT2D eigenvalue weighted by Crippen LogP contribution is -2.43. The molecular weight excluding hydrogens is 346 g/mol. The summed E-state index contributed by atoms with van der Waals surface area (Å²) in [5.74, 6) is -1.28. The zero-order chi connectivity index (χ0) is 19.0. The van der Waals surface area contributed by atoms with Crippen molar-refractivity contribution in [3.63, 3.8) is 0 Å². The molecule has 4 aromatic rings. The molecule has 0 bridgehead atoms. The molecular formula is C20H15N3O4. The second-order valence-electron chi connectivity index (χ2n) is 6.17. The number of benzene rings is 2. The first-order chi connectivity index (χ1) is 13.0. The molecule has 0 aliphatic heterocycles. The summed E-state index contributed by atoms with van der Waals surface area (Å²) < 4.78 is 5.19. The summed E-state index contributed by atoms with van der Waals surface area (Å²) in [4.78, 5) is 39.5. The van der Waals surface area contributed by atoms with Crippen molar-refractivity contribution in [3.05, 3.63) is 81.8 Å². The number of hydrazine groups is 1. The van der Waals surface area contributed by atoms with Gasteiger partial charge in [-0.05, 0) is 36.8 Å². The predicted molar refractivity (Wildman–Crippen MR) is 100 cm³/mol. The van der Waals surface area contributed by atoms with E-state index in [2.05, 4.69) is 15.8 Å². The smallest absolute Gasteiger partial charge is 0.349 e. The van der Waals surface area contributed by atoms with Crippen LogP contribution in [0.25, 0.3) is 21.9 Å². The van der Waals surface area contributed by atoms with Crippen LogP contribution in [0, 0.1) is 6.92 Å². The lowest BCUT2D eigenvalue weighted by Gasteiger charge is -2.06. The maximum atomic E-state index is 12.3. The number of nitrogens with one attached hydrogen (secondary N) is 3. The van der Waals surface area contributed by atoms with Gasteiger partial charge in [0.25, 0.3) is 11.8 Å². The number of carbonyl (C=O) groups is 2. The molecule has 4 rings (SSSR count). The molecule has 0 saturated heterocycles. The summed E-state index contributed by atoms with van der Waals surface area (Å²) >= 11 is 0. The molecule has 2 aromatic carbocycles. The molecule has 7 nitrogen and oxygen atoms in total. The van der Waals surface area contributed by atoms with Gasteiger partial charge in [-0.3, -0.25) is 20.4 Å². The third-order valence-electron chi connectivity index (χ3n) is 4.20. The zero-order valence-electron chi connectivity index (χ0n) is 14.3. The van der Waals surface area contributed by atoms with Gasteiger partial charge in [0.1, 0.15) is 16.8 Å². The molecule has 0 spiro atoms. The van der Waals surface area contributed by atoms with E-state index in [1.807, 2.05) is 37.3 Å². The van der Waals surface area contributed by atoms with E-state index in [-0.39, 0.29) is 11.3 Å². The molecule has 2 aromatic heterocycles. The van der Waals surface area contributed by atoms with Crippen LogP contribution >= 0.6 is 0 Å². The lowest BCUT2D eigenvalue weighted by molar-refractivity contribution is 0.0842. The molecule has 0 aliphatic carbocycles. The molecule has 0 unspecified atom stereocenters. The third kappa shape index (κ3) is 3.18. The van der Waals surface area contributed by atoms with Crippen LogP contribution < -0.4 is 16.5 Å². The minimum absolute atomic E-state index is 0.191. The molecule has 0 saturated carbocycles. The fraction of sp³-hybridized carbons (Fsp3) is 0.0500. The van der Waals surface area contributed by atoms with Gasteiger partial charge in [0.15, 0.2) is 0 Å². The highest BCUT2D eigenvalue weighted by Crippen LogP contribution is 2.16. The Morgan fingerprint density at radius 3 is 2.52 bits per heavy atom. The average Bonchev–Trinajstić information content (AvgIpc) is 3.09. The predicted octanol–water partition coefficient (Wildman–Crippen LogP) is 2.66. The fourth-order valence-electron chi connectivity index (χ4n) is 2.82. The second kappa shape index (κ2) is 6.45. The van der Waals surface area contributed by atoms with Gasteiger partial charge >= 0.3 is 5.63 Å². The molecule has 0 aliphatic rings. The summed E-state index contributed by atoms with van der Waals surface area (Å²) in [6, 6.07) is 15.8. The Hall–Kier alpha value is -3.87. The monoisotopic (exact) mass is 361 g/mol. The number of H-pyrrole nitrogens is 1. The Labute approximate surface area is 153 Å². The number of rotatable bonds is 2. The van der Waals surface area contributed by atoms with Crippen LogP contribution in [0.5, 0.6) is 0 Å². The Morgan fingerprint density at radius 2 is 1.70 bits per heavy atom. The van der Waals surface area contributed by atoms with Crippen LogP contribution in [-0.2, 0) is 0 Å². The molecule has 134 valence electrons. The zero-order valence-corrected chi connectivity index (χ0v) is 14.3. The van der Waals surface area contributed by atoms with Gasteiger partial charge in [-0.15, -0.1) is 0 Å². The topological polar surface area (TPSA) is 104 Å². The van der Waals surface area contributed by atoms with Crippen molar-refractivity contribution in [1.82, 2.24) is 15.8 Å². The molecule has 27 heavy (non-hydrogen) atoms. The van der Waals surface area contributed by atoms with E-state index in [0.29, 0.717) is 11.0 Å². The van der Waals surface area contributed by atoms with E-state index in [4.69, 9.17) is 4.42 Å². The normalized spacial score (nSPS) is 10.9. The van der Waals surface area contributed by atoms with Gasteiger partial charge in [-0.2, -0.15) is 0 Å². The van der Waals surface area contributed by atoms with Crippen LogP contribution in [0.2, 0.25) is 0 Å². The number of hydrogen-bond acceptors (Lipinski definition) is 4. The van der Waals surface area contributed by atoms with Gasteiger partial charge in [0, 0.05) is 16.3 Å². The van der Waals surface area contributed by atoms with E-state index < -0.39 is 17.4 Å². The van der Waals surface area contributed by atoms with Gasteiger partial charge in [-0.1, -0.05) is 30.3 Å². The standard InChI is InChI=1S/C20H15N3O4/c1-11-6-7-13-9-14(20(26)27-17(13)8-11)18(24)22-23-19(25)16-10-12-4-2-3-5-15(12)21-16/h2-10,21H,1H3,(H,22,24)(H,23,25). The van der Waals surface area contributed by atoms with Crippen molar-refractivity contribution in [2.75, 3.05) is 0 Å². The third-order valence-corrected chi connectivity index (χ3v) is 4.20. The Bertz CT molecular complexity index is 1220. The SMILES string of the molecule is Cc1ccc2cc(C(=O)NNC(=O)c3cc4ccccc4[nH]3)c(=O)oc2c1. The highest BCUT2D eigenvalue weighted by atomic mass is 16.4. The maximum absolute atomic E-state index is 12.3. The van der Waals surface area contributed by atoms with Crippen molar-refractivity contribution in [2.45, 2.75) is 6.92 Å². The number of hydrogen-bond donors (Lipinski definition) is 3. The number of carbonyl (C=O) groups excluding carboxylic acids is 2. The first kappa shape index (κ1) is 16.6. The quantitative estimate of drug-likeness (QED) is 0.377. The first-order valence-electron chi connectivity index (χ1n) is 8.24. The number of aromatic nitrogens is 1. The van der Waals surface area contributed by atoms with Crippen LogP contribution in [0.15, 0.2) is 63.8 Å². The van der Waals surface area contributed by atoms with E-state index in [9.17, 15) is 14.4 Å². The summed E-state index contributed by atoms with van der Waals surface area (Å²) in [5.41, 5.74) is 6.00. The summed E-state index contributed by atoms with van der Waals surface area (Å²) in [5, 5.41) is 1.49. The molecule has 7 heteroatoms. The fourth-order valence-corrected chi connectivity index (χ4v) is 2.82. The largest absolute Gasteiger partial charge is 0.422 e. The lowest BCUT2D eigenvalue weighted by atomic mass is 10.1. The van der Waals surface area contributed by atoms with Gasteiger partial charge < -0.3 is 9.40 Å². The van der Waals surface area contributed by atoms with Crippen molar-refractivity contribution in [1.29, 1.82) is 0 Å². The summed E-state index contributed by atoms with van der Waals surface area (Å²) in [7, 11) is 0. The van der Waals surface area contributed by atoms with Gasteiger partial charge in [0.05, 0.1) is 0 Å². The number of amides is 2. The van der Waals surface area contributed by atoms with E-state index >= 15 is 0 Å². The Morgan fingerprint density at radius 1 is 0.926 bits per heavy atom. The van der Waals surface area contributed by atoms with Crippen LogP contribution in [0.4, 0.5) is 0 Å². The van der Waals surface area contributed by atoms with E-state index in [0.717, 1.165) is 16.5 Å². The Kier molecular flexibility index (Phi) is 3.97. The molecule has 2 amide bonds. The van der Waals surface area contributed by atoms with Gasteiger partial charge in [0.2, 0.25) is 0 Å². The summed E-state index contributed by atoms with van der Waals surface area (Å²) in [6.45, 7) is 1.87. The second-order valence-corrected chi connectivity index (χ2v) is 6.17. The minimum atomic E-state index is -0.773. The summed E-state index contributed by atoms with van der Waals surface area (Å²) in [6.07, 6.45) is 0. The minimum Gasteiger partial charge on any atom is -0.422 e. The molecule has 0 fully saturated rings. The number of fused-ring (bicyclic) bond motifs is 2. The number of aryl methyl sites for hydroxylation is 1. The highest BCUT2D eigenvalue weighted by molar-refractivity contribution is 6.01. The van der Waals surface area contributed by atoms with Crippen LogP contribution in [-0.4, -0.2) is 16.8 Å². The van der Waals surface area contributed by atoms with Crippen molar-refractivity contribution in [2.24, 2.45) is 0 Å². The van der Waals surface area contributed by atoms with E-state index in [1.54, 1.807) is 18.2 Å². The average molecular weight is 361 g/mol. The molecule has 3 N–H and O–H groups in total. The first-order valence-corrected chi connectivity index (χ1v) is 8.24. The Balaban J connectivity index is 1.52. The van der Waals surface area contributed by atoms with Crippen molar-refractivity contribution >= 4 is 33.7 Å². The van der Waals surface area contributed by atoms with Crippen LogP contribution in [0.1, 0.15) is 26.4 Å². The van der Waals surface area contributed by atoms with Crippen molar-refractivity contribution in [3.8, 4) is 0 Å². The van der Waals surface area contributed by atoms with E-state index in [1.165, 1.54) is 6.07 Å². The number of para-hydroxylation sites is 1. The molecule has 0 atom stereocenters. The van der Waals surface area contributed by atoms with Crippen LogP contribution in [0.3, 0.4) is 0 Å². The number of aromatic amines is 1. The van der Waals surface area contributed by atoms with Gasteiger partial charge in [-0.25, -0.2) is 4.79 Å².